The summed E-state index contributed by atoms with van der Waals surface area (Å²) in [7, 11) is -3.50. The van der Waals surface area contributed by atoms with Crippen LogP contribution in [0.25, 0.3) is 0 Å². The lowest BCUT2D eigenvalue weighted by atomic mass is 10.2. The first kappa shape index (κ1) is 13.4. The van der Waals surface area contributed by atoms with Gasteiger partial charge in [-0.05, 0) is 24.6 Å². The second kappa shape index (κ2) is 5.11. The van der Waals surface area contributed by atoms with Crippen LogP contribution in [-0.4, -0.2) is 19.2 Å². The monoisotopic (exact) mass is 322 g/mol. The number of anilines is 1. The number of aryl methyl sites for hydroxylation is 1. The molecule has 3 N–H and O–H groups in total. The van der Waals surface area contributed by atoms with Crippen LogP contribution >= 0.6 is 28.1 Å². The first-order valence-electron chi connectivity index (χ1n) is 4.35. The third-order valence-electron chi connectivity index (χ3n) is 1.78. The number of nitrogens with two attached hydrogens (primary N) is 1. The van der Waals surface area contributed by atoms with Crippen molar-refractivity contribution in [2.75, 3.05) is 10.5 Å². The predicted molar refractivity (Wildman–Crippen MR) is 73.1 cm³/mol. The molecule has 0 amide bonds. The van der Waals surface area contributed by atoms with Crippen LogP contribution in [0.15, 0.2) is 22.7 Å². The molecule has 0 heterocycles. The van der Waals surface area contributed by atoms with Gasteiger partial charge in [0.15, 0.2) is 0 Å². The molecule has 0 radical (unpaired) electrons. The van der Waals surface area contributed by atoms with Crippen LogP contribution in [0.2, 0.25) is 0 Å². The molecule has 0 fully saturated rings. The molecule has 0 aromatic heterocycles. The third kappa shape index (κ3) is 4.07. The van der Waals surface area contributed by atoms with Crippen LogP contribution in [0, 0.1) is 6.92 Å². The molecule has 1 aromatic rings. The fraction of sp³-hybridized carbons (Fsp3) is 0.222. The van der Waals surface area contributed by atoms with E-state index in [1.54, 1.807) is 12.1 Å². The minimum absolute atomic E-state index is 0.0568. The van der Waals surface area contributed by atoms with Gasteiger partial charge in [-0.1, -0.05) is 34.2 Å². The van der Waals surface area contributed by atoms with Crippen LogP contribution in [0.4, 0.5) is 5.69 Å². The molecular formula is C9H11BrN2O2S2. The van der Waals surface area contributed by atoms with Gasteiger partial charge in [-0.2, -0.15) is 0 Å². The Kier molecular flexibility index (Phi) is 4.28. The lowest BCUT2D eigenvalue weighted by Gasteiger charge is -2.08. The molecule has 0 bridgehead atoms. The molecule has 0 aliphatic carbocycles. The van der Waals surface area contributed by atoms with Gasteiger partial charge < -0.3 is 5.73 Å². The molecule has 7 heteroatoms. The van der Waals surface area contributed by atoms with Crippen molar-refractivity contribution in [2.45, 2.75) is 6.92 Å². The summed E-state index contributed by atoms with van der Waals surface area (Å²) in [5, 5.41) is 0. The van der Waals surface area contributed by atoms with E-state index in [-0.39, 0.29) is 10.7 Å². The molecule has 16 heavy (non-hydrogen) atoms. The number of halogens is 1. The van der Waals surface area contributed by atoms with Crippen molar-refractivity contribution in [3.8, 4) is 0 Å². The van der Waals surface area contributed by atoms with Gasteiger partial charge in [0.25, 0.3) is 0 Å². The Morgan fingerprint density at radius 3 is 2.69 bits per heavy atom. The van der Waals surface area contributed by atoms with Crippen molar-refractivity contribution in [1.29, 1.82) is 0 Å². The van der Waals surface area contributed by atoms with E-state index in [1.807, 2.05) is 13.0 Å². The molecule has 1 rings (SSSR count). The maximum atomic E-state index is 11.5. The molecule has 1 aromatic carbocycles. The van der Waals surface area contributed by atoms with Crippen molar-refractivity contribution in [2.24, 2.45) is 5.73 Å². The van der Waals surface area contributed by atoms with Gasteiger partial charge in [-0.3, -0.25) is 4.72 Å². The molecular weight excluding hydrogens is 312 g/mol. The number of thiocarbonyl (C=S) groups is 1. The summed E-state index contributed by atoms with van der Waals surface area (Å²) in [4.78, 5) is -0.0568. The number of hydrogen-bond donors (Lipinski definition) is 2. The van der Waals surface area contributed by atoms with Crippen LogP contribution in [0.5, 0.6) is 0 Å². The van der Waals surface area contributed by atoms with Crippen LogP contribution in [-0.2, 0) is 10.0 Å². The molecule has 0 unspecified atom stereocenters. The second-order valence-electron chi connectivity index (χ2n) is 3.29. The van der Waals surface area contributed by atoms with Crippen LogP contribution < -0.4 is 10.5 Å². The maximum Gasteiger partial charge on any atom is 0.239 e. The minimum atomic E-state index is -3.50. The number of hydrogen-bond acceptors (Lipinski definition) is 3. The van der Waals surface area contributed by atoms with E-state index in [2.05, 4.69) is 32.9 Å². The quantitative estimate of drug-likeness (QED) is 0.829. The number of sulfonamides is 1. The van der Waals surface area contributed by atoms with E-state index in [9.17, 15) is 8.42 Å². The summed E-state index contributed by atoms with van der Waals surface area (Å²) in [5.74, 6) is -0.353. The van der Waals surface area contributed by atoms with Gasteiger partial charge in [0.1, 0.15) is 5.75 Å². The van der Waals surface area contributed by atoms with Gasteiger partial charge in [-0.25, -0.2) is 8.42 Å². The largest absolute Gasteiger partial charge is 0.392 e. The van der Waals surface area contributed by atoms with Crippen molar-refractivity contribution < 1.29 is 8.42 Å². The zero-order valence-electron chi connectivity index (χ0n) is 8.53. The summed E-state index contributed by atoms with van der Waals surface area (Å²) >= 11 is 7.87. The molecule has 88 valence electrons. The predicted octanol–water partition coefficient (Wildman–Crippen LogP) is 1.79. The van der Waals surface area contributed by atoms with Crippen molar-refractivity contribution in [3.63, 3.8) is 0 Å². The highest BCUT2D eigenvalue weighted by molar-refractivity contribution is 9.10. The Morgan fingerprint density at radius 2 is 2.19 bits per heavy atom. The van der Waals surface area contributed by atoms with E-state index in [0.29, 0.717) is 5.69 Å². The first-order chi connectivity index (χ1) is 7.30. The second-order valence-corrected chi connectivity index (χ2v) is 6.39. The maximum absolute atomic E-state index is 11.5. The fourth-order valence-corrected chi connectivity index (χ4v) is 2.84. The average Bonchev–Trinajstić information content (AvgIpc) is 2.08. The number of nitrogens with one attached hydrogen (secondary N) is 1. The van der Waals surface area contributed by atoms with Gasteiger partial charge in [0.2, 0.25) is 10.0 Å². The molecule has 4 nitrogen and oxygen atoms in total. The minimum Gasteiger partial charge on any atom is -0.392 e. The van der Waals surface area contributed by atoms with Gasteiger partial charge in [-0.15, -0.1) is 0 Å². The van der Waals surface area contributed by atoms with Gasteiger partial charge in [0.05, 0.1) is 4.99 Å². The van der Waals surface area contributed by atoms with E-state index in [0.717, 1.165) is 10.0 Å². The Balaban J connectivity index is 2.88. The van der Waals surface area contributed by atoms with E-state index < -0.39 is 10.0 Å². The average molecular weight is 323 g/mol. The van der Waals surface area contributed by atoms with Crippen LogP contribution in [0.1, 0.15) is 5.56 Å². The zero-order valence-corrected chi connectivity index (χ0v) is 11.7. The Hall–Kier alpha value is -0.660. The van der Waals surface area contributed by atoms with E-state index in [4.69, 9.17) is 5.73 Å². The Morgan fingerprint density at radius 1 is 1.56 bits per heavy atom. The summed E-state index contributed by atoms with van der Waals surface area (Å²) in [5.41, 5.74) is 6.69. The van der Waals surface area contributed by atoms with Crippen molar-refractivity contribution >= 4 is 48.8 Å². The lowest BCUT2D eigenvalue weighted by Crippen LogP contribution is -2.26. The molecule has 0 spiro atoms. The highest BCUT2D eigenvalue weighted by Crippen LogP contribution is 2.21. The molecule has 0 aliphatic heterocycles. The van der Waals surface area contributed by atoms with E-state index >= 15 is 0 Å². The summed E-state index contributed by atoms with van der Waals surface area (Å²) in [6.45, 7) is 1.91. The van der Waals surface area contributed by atoms with Gasteiger partial charge >= 0.3 is 0 Å². The van der Waals surface area contributed by atoms with Crippen molar-refractivity contribution in [1.82, 2.24) is 0 Å². The molecule has 0 atom stereocenters. The zero-order chi connectivity index (χ0) is 12.3. The normalized spacial score (nSPS) is 11.1. The summed E-state index contributed by atoms with van der Waals surface area (Å²) in [6, 6.07) is 5.17. The Bertz CT molecular complexity index is 514. The van der Waals surface area contributed by atoms with Gasteiger partial charge in [0, 0.05) is 10.2 Å². The Labute approximate surface area is 108 Å². The third-order valence-corrected chi connectivity index (χ3v) is 4.20. The molecule has 0 aliphatic rings. The summed E-state index contributed by atoms with van der Waals surface area (Å²) < 4.78 is 26.3. The molecule has 0 saturated carbocycles. The van der Waals surface area contributed by atoms with E-state index in [1.165, 1.54) is 0 Å². The lowest BCUT2D eigenvalue weighted by molar-refractivity contribution is 0.605. The topological polar surface area (TPSA) is 72.2 Å². The molecule has 0 saturated heterocycles. The van der Waals surface area contributed by atoms with Crippen LogP contribution in [0.3, 0.4) is 0 Å². The highest BCUT2D eigenvalue weighted by Gasteiger charge is 2.12. The SMILES string of the molecule is Cc1ccc(NS(=O)(=O)CC(N)=S)cc1Br. The fourth-order valence-electron chi connectivity index (χ4n) is 1.06. The standard InChI is InChI=1S/C9H11BrN2O2S2/c1-6-2-3-7(4-8(6)10)12-16(13,14)5-9(11)15/h2-4,12H,5H2,1H3,(H2,11,15). The smallest absolute Gasteiger partial charge is 0.239 e. The highest BCUT2D eigenvalue weighted by atomic mass is 79.9. The number of benzene rings is 1. The first-order valence-corrected chi connectivity index (χ1v) is 7.20. The van der Waals surface area contributed by atoms with Crippen molar-refractivity contribution in [3.05, 3.63) is 28.2 Å². The number of rotatable bonds is 4. The summed E-state index contributed by atoms with van der Waals surface area (Å²) in [6.07, 6.45) is 0.